The first-order chi connectivity index (χ1) is 9.99. The number of ether oxygens (including phenoxy) is 1. The number of benzene rings is 1. The van der Waals surface area contributed by atoms with E-state index in [1.807, 2.05) is 0 Å². The highest BCUT2D eigenvalue weighted by Crippen LogP contribution is 2.32. The van der Waals surface area contributed by atoms with Crippen LogP contribution in [0.4, 0.5) is 0 Å². The summed E-state index contributed by atoms with van der Waals surface area (Å²) in [6.45, 7) is 4.77. The van der Waals surface area contributed by atoms with Crippen molar-refractivity contribution >= 4 is 29.1 Å². The van der Waals surface area contributed by atoms with E-state index in [-0.39, 0.29) is 18.0 Å². The molecular weight excluding hydrogens is 311 g/mol. The van der Waals surface area contributed by atoms with Crippen LogP contribution in [0.1, 0.15) is 26.7 Å². The zero-order valence-electron chi connectivity index (χ0n) is 12.2. The van der Waals surface area contributed by atoms with E-state index in [2.05, 4.69) is 17.6 Å². The molecule has 0 radical (unpaired) electrons. The molecule has 1 heterocycles. The standard InChI is InChI=1S/C15H20Cl2N2O2/c1-9-12(6-4-8-18-9)19-15(20)10(2)21-13-7-3-5-11(16)14(13)17/h3,5,7,9-10,12,18H,4,6,8H2,1-2H3,(H,19,20). The van der Waals surface area contributed by atoms with Crippen LogP contribution in [0, 0.1) is 0 Å². The van der Waals surface area contributed by atoms with Gasteiger partial charge >= 0.3 is 0 Å². The van der Waals surface area contributed by atoms with E-state index in [4.69, 9.17) is 27.9 Å². The lowest BCUT2D eigenvalue weighted by Crippen LogP contribution is -2.54. The van der Waals surface area contributed by atoms with Crippen molar-refractivity contribution in [3.63, 3.8) is 0 Å². The molecule has 116 valence electrons. The minimum atomic E-state index is -0.630. The van der Waals surface area contributed by atoms with Gasteiger partial charge in [0.25, 0.3) is 5.91 Å². The minimum Gasteiger partial charge on any atom is -0.479 e. The minimum absolute atomic E-state index is 0.132. The summed E-state index contributed by atoms with van der Waals surface area (Å²) in [5.41, 5.74) is 0. The summed E-state index contributed by atoms with van der Waals surface area (Å²) in [5.74, 6) is 0.272. The van der Waals surface area contributed by atoms with Crippen molar-refractivity contribution in [1.29, 1.82) is 0 Å². The Hall–Kier alpha value is -0.970. The second-order valence-electron chi connectivity index (χ2n) is 5.31. The zero-order chi connectivity index (χ0) is 15.4. The molecule has 1 aromatic rings. The van der Waals surface area contributed by atoms with Crippen molar-refractivity contribution in [2.24, 2.45) is 0 Å². The number of rotatable bonds is 4. The highest BCUT2D eigenvalue weighted by molar-refractivity contribution is 6.42. The first-order valence-electron chi connectivity index (χ1n) is 7.13. The van der Waals surface area contributed by atoms with Gasteiger partial charge in [-0.1, -0.05) is 29.3 Å². The largest absolute Gasteiger partial charge is 0.479 e. The fraction of sp³-hybridized carbons (Fsp3) is 0.533. The average Bonchev–Trinajstić information content (AvgIpc) is 2.46. The Morgan fingerprint density at radius 2 is 2.24 bits per heavy atom. The van der Waals surface area contributed by atoms with E-state index in [0.717, 1.165) is 19.4 Å². The topological polar surface area (TPSA) is 50.4 Å². The molecule has 3 atom stereocenters. The van der Waals surface area contributed by atoms with Crippen LogP contribution >= 0.6 is 23.2 Å². The summed E-state index contributed by atoms with van der Waals surface area (Å²) < 4.78 is 5.62. The van der Waals surface area contributed by atoms with E-state index < -0.39 is 6.10 Å². The number of carbonyl (C=O) groups excluding carboxylic acids is 1. The molecule has 1 aromatic carbocycles. The molecule has 1 saturated heterocycles. The van der Waals surface area contributed by atoms with Crippen LogP contribution in [0.5, 0.6) is 5.75 Å². The maximum absolute atomic E-state index is 12.2. The van der Waals surface area contributed by atoms with Crippen molar-refractivity contribution < 1.29 is 9.53 Å². The van der Waals surface area contributed by atoms with Crippen LogP contribution < -0.4 is 15.4 Å². The van der Waals surface area contributed by atoms with Crippen molar-refractivity contribution in [2.45, 2.75) is 44.9 Å². The second kappa shape index (κ2) is 7.34. The second-order valence-corrected chi connectivity index (χ2v) is 6.10. The lowest BCUT2D eigenvalue weighted by atomic mass is 10.00. The Labute approximate surface area is 135 Å². The summed E-state index contributed by atoms with van der Waals surface area (Å²) in [6, 6.07) is 5.51. The Bertz CT molecular complexity index is 510. The van der Waals surface area contributed by atoms with Gasteiger partial charge in [0.15, 0.2) is 6.10 Å². The summed E-state index contributed by atoms with van der Waals surface area (Å²) in [5, 5.41) is 7.10. The number of halogens is 2. The molecule has 3 unspecified atom stereocenters. The van der Waals surface area contributed by atoms with Crippen LogP contribution in [0.25, 0.3) is 0 Å². The third kappa shape index (κ3) is 4.25. The van der Waals surface area contributed by atoms with E-state index in [0.29, 0.717) is 15.8 Å². The first kappa shape index (κ1) is 16.4. The summed E-state index contributed by atoms with van der Waals surface area (Å²) in [6.07, 6.45) is 1.41. The molecule has 0 spiro atoms. The average molecular weight is 331 g/mol. The number of amides is 1. The first-order valence-corrected chi connectivity index (χ1v) is 7.89. The molecule has 0 aliphatic carbocycles. The molecule has 21 heavy (non-hydrogen) atoms. The molecule has 1 fully saturated rings. The van der Waals surface area contributed by atoms with Gasteiger partial charge in [0, 0.05) is 12.1 Å². The molecule has 0 aromatic heterocycles. The van der Waals surface area contributed by atoms with Crippen LogP contribution in [-0.4, -0.2) is 30.6 Å². The molecule has 0 saturated carbocycles. The van der Waals surface area contributed by atoms with Crippen molar-refractivity contribution in [1.82, 2.24) is 10.6 Å². The van der Waals surface area contributed by atoms with Crippen LogP contribution in [0.15, 0.2) is 18.2 Å². The van der Waals surface area contributed by atoms with Gasteiger partial charge in [-0.15, -0.1) is 0 Å². The number of nitrogens with one attached hydrogen (secondary N) is 2. The molecule has 2 rings (SSSR count). The summed E-state index contributed by atoms with van der Waals surface area (Å²) in [4.78, 5) is 12.2. The highest BCUT2D eigenvalue weighted by Gasteiger charge is 2.25. The van der Waals surface area contributed by atoms with Gasteiger partial charge in [0.05, 0.1) is 5.02 Å². The quantitative estimate of drug-likeness (QED) is 0.892. The highest BCUT2D eigenvalue weighted by atomic mass is 35.5. The van der Waals surface area contributed by atoms with Crippen LogP contribution in [0.3, 0.4) is 0 Å². The SMILES string of the molecule is CC(Oc1cccc(Cl)c1Cl)C(=O)NC1CCCNC1C. The zero-order valence-corrected chi connectivity index (χ0v) is 13.7. The van der Waals surface area contributed by atoms with E-state index in [1.165, 1.54) is 0 Å². The van der Waals surface area contributed by atoms with Gasteiger partial charge in [-0.05, 0) is 45.4 Å². The van der Waals surface area contributed by atoms with E-state index in [1.54, 1.807) is 25.1 Å². The Morgan fingerprint density at radius 3 is 2.95 bits per heavy atom. The van der Waals surface area contributed by atoms with Gasteiger partial charge in [0.2, 0.25) is 0 Å². The van der Waals surface area contributed by atoms with Gasteiger partial charge in [-0.25, -0.2) is 0 Å². The predicted octanol–water partition coefficient (Wildman–Crippen LogP) is 3.02. The van der Waals surface area contributed by atoms with Gasteiger partial charge < -0.3 is 15.4 Å². The van der Waals surface area contributed by atoms with Gasteiger partial charge in [0.1, 0.15) is 10.8 Å². The van der Waals surface area contributed by atoms with Crippen molar-refractivity contribution in [3.8, 4) is 5.75 Å². The summed E-state index contributed by atoms with van der Waals surface area (Å²) >= 11 is 12.0. The van der Waals surface area contributed by atoms with Crippen molar-refractivity contribution in [3.05, 3.63) is 28.2 Å². The number of hydrogen-bond acceptors (Lipinski definition) is 3. The maximum atomic E-state index is 12.2. The van der Waals surface area contributed by atoms with E-state index in [9.17, 15) is 4.79 Å². The van der Waals surface area contributed by atoms with Gasteiger partial charge in [-0.2, -0.15) is 0 Å². The Morgan fingerprint density at radius 1 is 1.48 bits per heavy atom. The predicted molar refractivity (Wildman–Crippen MR) is 85.2 cm³/mol. The monoisotopic (exact) mass is 330 g/mol. The normalized spacial score (nSPS) is 23.4. The molecule has 1 amide bonds. The Balaban J connectivity index is 1.94. The lowest BCUT2D eigenvalue weighted by Gasteiger charge is -2.31. The third-order valence-corrected chi connectivity index (χ3v) is 4.48. The maximum Gasteiger partial charge on any atom is 0.261 e. The molecule has 1 aliphatic rings. The molecule has 2 N–H and O–H groups in total. The number of carbonyl (C=O) groups is 1. The third-order valence-electron chi connectivity index (χ3n) is 3.68. The number of piperidine rings is 1. The van der Waals surface area contributed by atoms with Gasteiger partial charge in [-0.3, -0.25) is 4.79 Å². The fourth-order valence-electron chi connectivity index (χ4n) is 2.36. The van der Waals surface area contributed by atoms with Crippen molar-refractivity contribution in [2.75, 3.05) is 6.54 Å². The van der Waals surface area contributed by atoms with Crippen LogP contribution in [-0.2, 0) is 4.79 Å². The Kier molecular flexibility index (Phi) is 5.73. The molecule has 4 nitrogen and oxygen atoms in total. The fourth-order valence-corrected chi connectivity index (χ4v) is 2.70. The molecule has 0 bridgehead atoms. The smallest absolute Gasteiger partial charge is 0.261 e. The molecular formula is C15H20Cl2N2O2. The summed E-state index contributed by atoms with van der Waals surface area (Å²) in [7, 11) is 0. The number of hydrogen-bond donors (Lipinski definition) is 2. The lowest BCUT2D eigenvalue weighted by molar-refractivity contribution is -0.128. The molecule has 6 heteroatoms. The van der Waals surface area contributed by atoms with Crippen LogP contribution in [0.2, 0.25) is 10.0 Å². The molecule has 1 aliphatic heterocycles. The van der Waals surface area contributed by atoms with E-state index >= 15 is 0 Å².